The highest BCUT2D eigenvalue weighted by molar-refractivity contribution is 7.89. The molecule has 164 valence electrons. The molecule has 2 saturated heterocycles. The number of amides is 1. The summed E-state index contributed by atoms with van der Waals surface area (Å²) in [6.07, 6.45) is 2.56. The third-order valence-corrected chi connectivity index (χ3v) is 7.67. The summed E-state index contributed by atoms with van der Waals surface area (Å²) in [6.45, 7) is 2.35. The monoisotopic (exact) mass is 442 g/mol. The smallest absolute Gasteiger partial charge is 0.339 e. The van der Waals surface area contributed by atoms with E-state index in [-0.39, 0.29) is 16.4 Å². The van der Waals surface area contributed by atoms with Crippen LogP contribution in [0.5, 0.6) is 0 Å². The highest BCUT2D eigenvalue weighted by Gasteiger charge is 2.32. The van der Waals surface area contributed by atoms with E-state index in [0.29, 0.717) is 31.7 Å². The number of carbonyl (C=O) groups is 2. The summed E-state index contributed by atoms with van der Waals surface area (Å²) in [4.78, 5) is 27.7. The molecule has 0 spiro atoms. The second-order valence-electron chi connectivity index (χ2n) is 7.86. The van der Waals surface area contributed by atoms with Crippen LogP contribution in [-0.4, -0.2) is 55.7 Å². The first-order valence-electron chi connectivity index (χ1n) is 10.6. The summed E-state index contributed by atoms with van der Waals surface area (Å²) in [5, 5.41) is 0. The maximum Gasteiger partial charge on any atom is 0.339 e. The van der Waals surface area contributed by atoms with E-state index in [2.05, 4.69) is 0 Å². The van der Waals surface area contributed by atoms with Crippen molar-refractivity contribution in [1.82, 2.24) is 9.21 Å². The Bertz CT molecular complexity index is 1030. The van der Waals surface area contributed by atoms with Gasteiger partial charge in [-0.3, -0.25) is 4.79 Å². The van der Waals surface area contributed by atoms with Crippen molar-refractivity contribution in [1.29, 1.82) is 0 Å². The lowest BCUT2D eigenvalue weighted by atomic mass is 10.1. The van der Waals surface area contributed by atoms with Gasteiger partial charge in [-0.1, -0.05) is 30.3 Å². The van der Waals surface area contributed by atoms with Crippen LogP contribution in [0.1, 0.15) is 47.7 Å². The third kappa shape index (κ3) is 4.65. The second-order valence-corrected chi connectivity index (χ2v) is 9.80. The molecule has 2 fully saturated rings. The summed E-state index contributed by atoms with van der Waals surface area (Å²) in [5.74, 6) is -0.892. The molecule has 4 rings (SSSR count). The van der Waals surface area contributed by atoms with Crippen molar-refractivity contribution in [2.75, 3.05) is 26.2 Å². The maximum absolute atomic E-state index is 13.0. The van der Waals surface area contributed by atoms with Crippen molar-refractivity contribution in [2.24, 2.45) is 0 Å². The number of benzene rings is 2. The van der Waals surface area contributed by atoms with E-state index in [4.69, 9.17) is 4.74 Å². The molecule has 31 heavy (non-hydrogen) atoms. The van der Waals surface area contributed by atoms with Crippen LogP contribution in [-0.2, 0) is 19.6 Å². The van der Waals surface area contributed by atoms with Crippen LogP contribution in [0.2, 0.25) is 0 Å². The van der Waals surface area contributed by atoms with E-state index in [1.165, 1.54) is 28.6 Å². The molecule has 1 atom stereocenters. The van der Waals surface area contributed by atoms with Crippen LogP contribution < -0.4 is 0 Å². The second kappa shape index (κ2) is 9.20. The summed E-state index contributed by atoms with van der Waals surface area (Å²) in [6, 6.07) is 14.7. The lowest BCUT2D eigenvalue weighted by Gasteiger charge is -2.23. The molecule has 2 aromatic rings. The SMILES string of the molecule is O=C(OC(C(=O)N1CCCC1)c1ccccc1)c1ccc(S(=O)(=O)N2CCCC2)cc1. The van der Waals surface area contributed by atoms with E-state index in [1.54, 1.807) is 29.2 Å². The molecule has 0 aliphatic carbocycles. The van der Waals surface area contributed by atoms with Crippen LogP contribution >= 0.6 is 0 Å². The Morgan fingerprint density at radius 1 is 0.806 bits per heavy atom. The van der Waals surface area contributed by atoms with Crippen LogP contribution in [0.4, 0.5) is 0 Å². The number of sulfonamides is 1. The van der Waals surface area contributed by atoms with Crippen molar-refractivity contribution >= 4 is 21.9 Å². The Morgan fingerprint density at radius 2 is 1.39 bits per heavy atom. The fraction of sp³-hybridized carbons (Fsp3) is 0.391. The van der Waals surface area contributed by atoms with E-state index in [1.807, 2.05) is 6.07 Å². The number of esters is 1. The van der Waals surface area contributed by atoms with Gasteiger partial charge in [-0.2, -0.15) is 4.31 Å². The van der Waals surface area contributed by atoms with E-state index < -0.39 is 22.1 Å². The Balaban J connectivity index is 1.52. The summed E-state index contributed by atoms with van der Waals surface area (Å²) in [5.41, 5.74) is 0.816. The number of hydrogen-bond acceptors (Lipinski definition) is 5. The van der Waals surface area contributed by atoms with Gasteiger partial charge >= 0.3 is 5.97 Å². The number of ether oxygens (including phenoxy) is 1. The molecule has 1 unspecified atom stereocenters. The van der Waals surface area contributed by atoms with Crippen molar-refractivity contribution < 1.29 is 22.7 Å². The molecule has 2 aliphatic heterocycles. The van der Waals surface area contributed by atoms with Crippen molar-refractivity contribution in [3.8, 4) is 0 Å². The molecule has 2 aliphatic rings. The van der Waals surface area contributed by atoms with Gasteiger partial charge in [0.25, 0.3) is 5.91 Å². The zero-order valence-electron chi connectivity index (χ0n) is 17.3. The molecule has 0 bridgehead atoms. The average Bonchev–Trinajstić information content (AvgIpc) is 3.52. The number of hydrogen-bond donors (Lipinski definition) is 0. The minimum absolute atomic E-state index is 0.152. The number of carbonyl (C=O) groups excluding carboxylic acids is 2. The first-order valence-corrected chi connectivity index (χ1v) is 12.1. The standard InChI is InChI=1S/C23H26N2O5S/c26-22(24-14-4-5-15-24)21(18-8-2-1-3-9-18)30-23(27)19-10-12-20(13-11-19)31(28,29)25-16-6-7-17-25/h1-3,8-13,21H,4-7,14-17H2. The highest BCUT2D eigenvalue weighted by atomic mass is 32.2. The van der Waals surface area contributed by atoms with Crippen molar-refractivity contribution in [3.63, 3.8) is 0 Å². The first kappa shape index (κ1) is 21.5. The highest BCUT2D eigenvalue weighted by Crippen LogP contribution is 2.25. The Labute approximate surface area is 182 Å². The van der Waals surface area contributed by atoms with Gasteiger partial charge in [-0.15, -0.1) is 0 Å². The quantitative estimate of drug-likeness (QED) is 0.642. The maximum atomic E-state index is 13.0. The first-order chi connectivity index (χ1) is 15.0. The Morgan fingerprint density at radius 3 is 2.00 bits per heavy atom. The fourth-order valence-electron chi connectivity index (χ4n) is 4.01. The van der Waals surface area contributed by atoms with Gasteiger partial charge in [0, 0.05) is 31.7 Å². The summed E-state index contributed by atoms with van der Waals surface area (Å²) < 4.78 is 32.4. The van der Waals surface area contributed by atoms with Gasteiger partial charge in [0.2, 0.25) is 16.1 Å². The lowest BCUT2D eigenvalue weighted by Crippen LogP contribution is -2.34. The van der Waals surface area contributed by atoms with Gasteiger partial charge in [-0.05, 0) is 49.9 Å². The Kier molecular flexibility index (Phi) is 6.38. The molecule has 0 saturated carbocycles. The van der Waals surface area contributed by atoms with Gasteiger partial charge < -0.3 is 9.64 Å². The van der Waals surface area contributed by atoms with Gasteiger partial charge in [0.1, 0.15) is 0 Å². The van der Waals surface area contributed by atoms with Crippen LogP contribution in [0, 0.1) is 0 Å². The minimum atomic E-state index is -3.55. The number of rotatable bonds is 6. The van der Waals surface area contributed by atoms with Crippen LogP contribution in [0.15, 0.2) is 59.5 Å². The molecule has 2 aromatic carbocycles. The van der Waals surface area contributed by atoms with E-state index in [0.717, 1.165) is 25.7 Å². The molecular weight excluding hydrogens is 416 g/mol. The van der Waals surface area contributed by atoms with Gasteiger partial charge in [0.05, 0.1) is 10.5 Å². The average molecular weight is 443 g/mol. The number of likely N-dealkylation sites (tertiary alicyclic amines) is 1. The van der Waals surface area contributed by atoms with Crippen molar-refractivity contribution in [2.45, 2.75) is 36.7 Å². The minimum Gasteiger partial charge on any atom is -0.444 e. The topological polar surface area (TPSA) is 84.0 Å². The molecule has 2 heterocycles. The molecule has 0 radical (unpaired) electrons. The molecule has 0 N–H and O–H groups in total. The summed E-state index contributed by atoms with van der Waals surface area (Å²) >= 11 is 0. The largest absolute Gasteiger partial charge is 0.444 e. The molecule has 1 amide bonds. The van der Waals surface area contributed by atoms with Crippen LogP contribution in [0.25, 0.3) is 0 Å². The zero-order valence-corrected chi connectivity index (χ0v) is 18.1. The molecule has 7 nitrogen and oxygen atoms in total. The van der Waals surface area contributed by atoms with Gasteiger partial charge in [0.15, 0.2) is 0 Å². The van der Waals surface area contributed by atoms with Crippen LogP contribution in [0.3, 0.4) is 0 Å². The fourth-order valence-corrected chi connectivity index (χ4v) is 5.52. The predicted molar refractivity (Wildman–Crippen MR) is 115 cm³/mol. The Hall–Kier alpha value is -2.71. The third-order valence-electron chi connectivity index (χ3n) is 5.76. The predicted octanol–water partition coefficient (Wildman–Crippen LogP) is 2.99. The van der Waals surface area contributed by atoms with Crippen molar-refractivity contribution in [3.05, 3.63) is 65.7 Å². The molecular formula is C23H26N2O5S. The lowest BCUT2D eigenvalue weighted by molar-refractivity contribution is -0.140. The van der Waals surface area contributed by atoms with E-state index >= 15 is 0 Å². The molecule has 0 aromatic heterocycles. The van der Waals surface area contributed by atoms with Gasteiger partial charge in [-0.25, -0.2) is 13.2 Å². The normalized spacial score (nSPS) is 18.1. The zero-order chi connectivity index (χ0) is 21.8. The summed E-state index contributed by atoms with van der Waals surface area (Å²) in [7, 11) is -3.55. The number of nitrogens with zero attached hydrogens (tertiary/aromatic N) is 2. The molecule has 8 heteroatoms. The van der Waals surface area contributed by atoms with E-state index in [9.17, 15) is 18.0 Å².